The van der Waals surface area contributed by atoms with Crippen molar-refractivity contribution in [3.8, 4) is 0 Å². The molecule has 2 heterocycles. The summed E-state index contributed by atoms with van der Waals surface area (Å²) >= 11 is 1.82. The van der Waals surface area contributed by atoms with Gasteiger partial charge in [-0.25, -0.2) is 0 Å². The van der Waals surface area contributed by atoms with Crippen LogP contribution in [0, 0.1) is 13.8 Å². The number of aryl methyl sites for hydroxylation is 2. The maximum atomic E-state index is 4.79. The predicted octanol–water partition coefficient (Wildman–Crippen LogP) is 14.1. The quantitative estimate of drug-likeness (QED) is 0.120. The number of benzene rings is 5. The molecule has 0 amide bonds. The smallest absolute Gasteiger partial charge is 0.656 e. The van der Waals surface area contributed by atoms with Gasteiger partial charge in [-0.2, -0.15) is 0 Å². The van der Waals surface area contributed by atoms with Gasteiger partial charge in [0.05, 0.1) is 0 Å². The largest absolute Gasteiger partial charge is 1.00 e. The molecule has 2 aliphatic rings. The minimum atomic E-state index is 0. The van der Waals surface area contributed by atoms with Gasteiger partial charge in [0.25, 0.3) is 11.4 Å². The summed E-state index contributed by atoms with van der Waals surface area (Å²) < 4.78 is 4.64. The molecule has 0 radical (unpaired) electrons. The fraction of sp³-hybridized carbons (Fsp3) is 0.311. The zero-order valence-corrected chi connectivity index (χ0v) is 34.1. The Labute approximate surface area is 320 Å². The van der Waals surface area contributed by atoms with E-state index in [0.717, 1.165) is 11.4 Å². The number of fused-ring (bicyclic) bond motifs is 3. The minimum absolute atomic E-state index is 0. The van der Waals surface area contributed by atoms with E-state index in [1.54, 1.807) is 0 Å². The molecular weight excluding hydrogens is 812 g/mol. The van der Waals surface area contributed by atoms with E-state index in [0.29, 0.717) is 23.7 Å². The Morgan fingerprint density at radius 2 is 0.820 bits per heavy atom. The molecule has 0 bridgehead atoms. The van der Waals surface area contributed by atoms with Crippen LogP contribution in [0.4, 0.5) is 34.1 Å². The topological polar surface area (TPSA) is 20.1 Å². The Bertz CT molecular complexity index is 1900. The maximum Gasteiger partial charge on any atom is 1.00 e. The summed E-state index contributed by atoms with van der Waals surface area (Å²) in [4.78, 5) is 2.52. The molecule has 5 heteroatoms. The van der Waals surface area contributed by atoms with Gasteiger partial charge in [-0.1, -0.05) is 151 Å². The van der Waals surface area contributed by atoms with E-state index in [9.17, 15) is 0 Å². The van der Waals surface area contributed by atoms with E-state index in [1.165, 1.54) is 65.9 Å². The van der Waals surface area contributed by atoms with E-state index in [4.69, 9.17) is 5.32 Å². The van der Waals surface area contributed by atoms with Crippen LogP contribution in [0.5, 0.6) is 0 Å². The van der Waals surface area contributed by atoms with Gasteiger partial charge in [0, 0.05) is 34.4 Å². The molecule has 50 heavy (non-hydrogen) atoms. The van der Waals surface area contributed by atoms with Crippen molar-refractivity contribution in [2.24, 2.45) is 0 Å². The first-order valence-electron chi connectivity index (χ1n) is 17.8. The first-order valence-corrected chi connectivity index (χ1v) is 18.6. The van der Waals surface area contributed by atoms with Crippen molar-refractivity contribution in [3.63, 3.8) is 0 Å². The Morgan fingerprint density at radius 1 is 0.480 bits per heavy atom. The SMILES string of the molecule is CC(C)c1cccc(C(C)C)c1[N+]1=C=[N+](c2c(C(C)C)cccc2C(C)C)c2ccccc21.Cc1cccc2c1[N-]c1c(C)cccc1S2.[Au+]. The molecular formula is C45H50AuN3S+2. The normalized spacial score (nSPS) is 12.8. The molecule has 0 atom stereocenters. The van der Waals surface area contributed by atoms with Crippen molar-refractivity contribution in [2.45, 2.75) is 103 Å². The van der Waals surface area contributed by atoms with Gasteiger partial charge < -0.3 is 5.32 Å². The average molecular weight is 862 g/mol. The molecule has 2 aliphatic heterocycles. The summed E-state index contributed by atoms with van der Waals surface area (Å²) in [5, 5.41) is 4.79. The zero-order valence-electron chi connectivity index (χ0n) is 31.1. The van der Waals surface area contributed by atoms with Crippen molar-refractivity contribution in [3.05, 3.63) is 136 Å². The number of para-hydroxylation sites is 6. The summed E-state index contributed by atoms with van der Waals surface area (Å²) in [7, 11) is 0. The molecule has 0 saturated carbocycles. The van der Waals surface area contributed by atoms with Gasteiger partial charge in [-0.05, 0) is 68.6 Å². The maximum absolute atomic E-state index is 4.79. The zero-order chi connectivity index (χ0) is 35.0. The van der Waals surface area contributed by atoms with Gasteiger partial charge in [0.15, 0.2) is 0 Å². The van der Waals surface area contributed by atoms with Crippen molar-refractivity contribution in [2.75, 3.05) is 0 Å². The molecule has 0 spiro atoms. The molecule has 0 fully saturated rings. The number of rotatable bonds is 6. The number of hydrogen-bond acceptors (Lipinski definition) is 1. The summed E-state index contributed by atoms with van der Waals surface area (Å²) in [6.07, 6.45) is 0. The van der Waals surface area contributed by atoms with E-state index in [-0.39, 0.29) is 22.4 Å². The van der Waals surface area contributed by atoms with Crippen LogP contribution in [0.1, 0.15) is 112 Å². The van der Waals surface area contributed by atoms with Gasteiger partial charge in [0.1, 0.15) is 0 Å². The van der Waals surface area contributed by atoms with Crippen molar-refractivity contribution in [1.82, 2.24) is 9.15 Å². The molecule has 0 N–H and O–H groups in total. The van der Waals surface area contributed by atoms with Crippen molar-refractivity contribution in [1.29, 1.82) is 0 Å². The van der Waals surface area contributed by atoms with Gasteiger partial charge >= 0.3 is 28.4 Å². The molecule has 3 nitrogen and oxygen atoms in total. The summed E-state index contributed by atoms with van der Waals surface area (Å²) in [5.74, 6) is 1.71. The molecule has 260 valence electrons. The average Bonchev–Trinajstić information content (AvgIpc) is 3.46. The van der Waals surface area contributed by atoms with Crippen LogP contribution in [0.25, 0.3) is 5.32 Å². The van der Waals surface area contributed by atoms with Crippen LogP contribution >= 0.6 is 11.8 Å². The third-order valence-electron chi connectivity index (χ3n) is 9.54. The first-order chi connectivity index (χ1) is 23.5. The second-order valence-corrected chi connectivity index (χ2v) is 15.6. The standard InChI is InChI=1S/C31H38N2.C14H12NS.Au/c1-20(2)24-13-11-14-25(21(3)4)30(24)32-19-33(29-18-10-9-17-28(29)32)31-26(22(5)6)15-12-16-27(31)23(7)8;1-9-5-3-7-11-13(9)15-14-10(2)6-4-8-12(14)16-11;/h9-18,20-23H,1-8H3;3-8H,1-2H3;/q+2;-1;+1. The number of nitrogens with zero attached hydrogens (tertiary/aromatic N) is 3. The predicted molar refractivity (Wildman–Crippen MR) is 213 cm³/mol. The minimum Gasteiger partial charge on any atom is -0.656 e. The molecule has 0 aromatic heterocycles. The molecule has 5 aromatic carbocycles. The van der Waals surface area contributed by atoms with Crippen LogP contribution in [-0.2, 0) is 22.4 Å². The first kappa shape index (κ1) is 37.6. The van der Waals surface area contributed by atoms with E-state index < -0.39 is 0 Å². The molecule has 7 rings (SSSR count). The van der Waals surface area contributed by atoms with E-state index in [1.807, 2.05) is 11.8 Å². The third kappa shape index (κ3) is 7.24. The van der Waals surface area contributed by atoms with Crippen LogP contribution < -0.4 is 9.15 Å². The van der Waals surface area contributed by atoms with Gasteiger partial charge in [-0.15, -0.1) is 11.4 Å². The number of hydrogen-bond donors (Lipinski definition) is 0. The van der Waals surface area contributed by atoms with Crippen molar-refractivity contribution >= 4 is 51.9 Å². The Kier molecular flexibility index (Phi) is 11.8. The molecule has 0 unspecified atom stereocenters. The summed E-state index contributed by atoms with van der Waals surface area (Å²) in [6, 6.07) is 38.8. The monoisotopic (exact) mass is 861 g/mol. The fourth-order valence-corrected chi connectivity index (χ4v) is 8.01. The second-order valence-electron chi connectivity index (χ2n) is 14.5. The van der Waals surface area contributed by atoms with E-state index in [2.05, 4.69) is 181 Å². The molecule has 0 saturated heterocycles. The van der Waals surface area contributed by atoms with Gasteiger partial charge in [-0.3, -0.25) is 0 Å². The third-order valence-corrected chi connectivity index (χ3v) is 10.6. The van der Waals surface area contributed by atoms with Crippen LogP contribution in [0.15, 0.2) is 107 Å². The van der Waals surface area contributed by atoms with Gasteiger partial charge in [0.2, 0.25) is 11.4 Å². The van der Waals surface area contributed by atoms with Crippen molar-refractivity contribution < 1.29 is 22.4 Å². The fourth-order valence-electron chi connectivity index (χ4n) is 6.88. The van der Waals surface area contributed by atoms with Crippen LogP contribution in [0.2, 0.25) is 0 Å². The van der Waals surface area contributed by atoms with E-state index >= 15 is 0 Å². The summed E-state index contributed by atoms with van der Waals surface area (Å²) in [6.45, 7) is 22.5. The summed E-state index contributed by atoms with van der Waals surface area (Å²) in [5.41, 5.74) is 15.2. The Balaban J connectivity index is 0.000000238. The van der Waals surface area contributed by atoms with Crippen LogP contribution in [-0.4, -0.2) is 6.01 Å². The Morgan fingerprint density at radius 3 is 1.16 bits per heavy atom. The second kappa shape index (κ2) is 15.7. The molecule has 5 aromatic rings. The molecule has 0 aliphatic carbocycles. The van der Waals surface area contributed by atoms with Crippen LogP contribution in [0.3, 0.4) is 0 Å². The Hall–Kier alpha value is -3.63.